The van der Waals surface area contributed by atoms with Gasteiger partial charge in [0.15, 0.2) is 0 Å². The number of benzene rings is 1. The van der Waals surface area contributed by atoms with Gasteiger partial charge in [0.25, 0.3) is 0 Å². The molecule has 0 aliphatic rings. The number of rotatable bonds is 12. The molecular weight excluding hydrogens is 375 g/mol. The Balaban J connectivity index is 2.12. The molecule has 1 aromatic carbocycles. The number of methoxy groups -OCH3 is 1. The standard InChI is InChI=1S/C22H29FN2O4/c1-3-4-7-21(26)24(12-14-28-2)17-22(27)25(16-20-6-5-13-29-20)15-18-8-10-19(23)11-9-18/h5-6,8-11,13H,3-4,7,12,14-17H2,1-2H3. The third kappa shape index (κ3) is 7.69. The third-order valence-corrected chi connectivity index (χ3v) is 4.55. The van der Waals surface area contributed by atoms with Gasteiger partial charge in [0.2, 0.25) is 11.8 Å². The molecule has 2 amide bonds. The lowest BCUT2D eigenvalue weighted by Crippen LogP contribution is -2.43. The maximum atomic E-state index is 13.2. The normalized spacial score (nSPS) is 10.7. The molecule has 158 valence electrons. The molecule has 0 bridgehead atoms. The Morgan fingerprint density at radius 2 is 1.83 bits per heavy atom. The van der Waals surface area contributed by atoms with Crippen LogP contribution in [0.15, 0.2) is 47.1 Å². The summed E-state index contributed by atoms with van der Waals surface area (Å²) in [6, 6.07) is 9.57. The number of hydrogen-bond donors (Lipinski definition) is 0. The molecule has 0 fully saturated rings. The van der Waals surface area contributed by atoms with Gasteiger partial charge in [0.05, 0.1) is 26.0 Å². The summed E-state index contributed by atoms with van der Waals surface area (Å²) in [6.45, 7) is 3.27. The van der Waals surface area contributed by atoms with Crippen molar-refractivity contribution in [2.24, 2.45) is 0 Å². The second kappa shape index (κ2) is 12.0. The van der Waals surface area contributed by atoms with Gasteiger partial charge in [0.1, 0.15) is 11.6 Å². The zero-order chi connectivity index (χ0) is 21.1. The summed E-state index contributed by atoms with van der Waals surface area (Å²) in [4.78, 5) is 28.7. The molecule has 0 unspecified atom stereocenters. The second-order valence-corrected chi connectivity index (χ2v) is 6.87. The van der Waals surface area contributed by atoms with Crippen LogP contribution in [0, 0.1) is 5.82 Å². The molecule has 1 heterocycles. The Labute approximate surface area is 171 Å². The number of halogens is 1. The van der Waals surface area contributed by atoms with Crippen molar-refractivity contribution in [2.75, 3.05) is 26.8 Å². The molecule has 0 N–H and O–H groups in total. The largest absolute Gasteiger partial charge is 0.467 e. The molecule has 1 aromatic heterocycles. The van der Waals surface area contributed by atoms with Gasteiger partial charge in [-0.1, -0.05) is 25.5 Å². The highest BCUT2D eigenvalue weighted by atomic mass is 19.1. The van der Waals surface area contributed by atoms with Crippen molar-refractivity contribution in [2.45, 2.75) is 39.3 Å². The van der Waals surface area contributed by atoms with Crippen LogP contribution < -0.4 is 0 Å². The Morgan fingerprint density at radius 1 is 1.07 bits per heavy atom. The van der Waals surface area contributed by atoms with E-state index in [0.29, 0.717) is 31.9 Å². The number of amides is 2. The minimum atomic E-state index is -0.329. The number of carbonyl (C=O) groups is 2. The lowest BCUT2D eigenvalue weighted by molar-refractivity contribution is -0.142. The quantitative estimate of drug-likeness (QED) is 0.542. The topological polar surface area (TPSA) is 63.0 Å². The molecule has 0 atom stereocenters. The van der Waals surface area contributed by atoms with Gasteiger partial charge < -0.3 is 19.0 Å². The van der Waals surface area contributed by atoms with Crippen LogP contribution >= 0.6 is 0 Å². The van der Waals surface area contributed by atoms with Crippen LogP contribution in [-0.2, 0) is 27.4 Å². The first-order chi connectivity index (χ1) is 14.0. The zero-order valence-corrected chi connectivity index (χ0v) is 17.1. The van der Waals surface area contributed by atoms with Gasteiger partial charge in [-0.05, 0) is 36.2 Å². The number of hydrogen-bond acceptors (Lipinski definition) is 4. The smallest absolute Gasteiger partial charge is 0.242 e. The molecule has 2 aromatic rings. The molecule has 6 nitrogen and oxygen atoms in total. The van der Waals surface area contributed by atoms with Crippen LogP contribution in [0.4, 0.5) is 4.39 Å². The number of nitrogens with zero attached hydrogens (tertiary/aromatic N) is 2. The lowest BCUT2D eigenvalue weighted by atomic mass is 10.2. The van der Waals surface area contributed by atoms with E-state index in [2.05, 4.69) is 0 Å². The van der Waals surface area contributed by atoms with E-state index in [9.17, 15) is 14.0 Å². The minimum Gasteiger partial charge on any atom is -0.467 e. The molecule has 2 rings (SSSR count). The van der Waals surface area contributed by atoms with Crippen molar-refractivity contribution in [1.29, 1.82) is 0 Å². The van der Waals surface area contributed by atoms with Crippen LogP contribution in [-0.4, -0.2) is 48.4 Å². The highest BCUT2D eigenvalue weighted by Crippen LogP contribution is 2.13. The summed E-state index contributed by atoms with van der Waals surface area (Å²) in [5.74, 6) is 0.0507. The summed E-state index contributed by atoms with van der Waals surface area (Å²) in [5.41, 5.74) is 0.798. The fraction of sp³-hybridized carbons (Fsp3) is 0.455. The summed E-state index contributed by atoms with van der Waals surface area (Å²) >= 11 is 0. The summed E-state index contributed by atoms with van der Waals surface area (Å²) in [7, 11) is 1.56. The van der Waals surface area contributed by atoms with E-state index >= 15 is 0 Å². The van der Waals surface area contributed by atoms with E-state index < -0.39 is 0 Å². The van der Waals surface area contributed by atoms with E-state index in [1.165, 1.54) is 12.1 Å². The van der Waals surface area contributed by atoms with Crippen LogP contribution in [0.25, 0.3) is 0 Å². The van der Waals surface area contributed by atoms with Crippen molar-refractivity contribution < 1.29 is 23.1 Å². The van der Waals surface area contributed by atoms with Crippen molar-refractivity contribution in [3.05, 3.63) is 59.8 Å². The molecule has 0 radical (unpaired) electrons. The summed E-state index contributed by atoms with van der Waals surface area (Å²) in [5, 5.41) is 0. The van der Waals surface area contributed by atoms with Crippen LogP contribution in [0.2, 0.25) is 0 Å². The number of ether oxygens (including phenoxy) is 1. The minimum absolute atomic E-state index is 0.0339. The average molecular weight is 404 g/mol. The van der Waals surface area contributed by atoms with Crippen molar-refractivity contribution in [3.8, 4) is 0 Å². The molecular formula is C22H29FN2O4. The molecule has 0 aliphatic heterocycles. The van der Waals surface area contributed by atoms with Gasteiger partial charge in [-0.2, -0.15) is 0 Å². The van der Waals surface area contributed by atoms with Crippen molar-refractivity contribution >= 4 is 11.8 Å². The third-order valence-electron chi connectivity index (χ3n) is 4.55. The van der Waals surface area contributed by atoms with Crippen LogP contribution in [0.5, 0.6) is 0 Å². The number of furan rings is 1. The van der Waals surface area contributed by atoms with Gasteiger partial charge in [-0.25, -0.2) is 4.39 Å². The first-order valence-electron chi connectivity index (χ1n) is 9.84. The lowest BCUT2D eigenvalue weighted by Gasteiger charge is -2.27. The molecule has 0 spiro atoms. The van der Waals surface area contributed by atoms with Gasteiger partial charge in [-0.3, -0.25) is 9.59 Å². The molecule has 0 aliphatic carbocycles. The molecule has 29 heavy (non-hydrogen) atoms. The first kappa shape index (κ1) is 22.6. The van der Waals surface area contributed by atoms with Crippen LogP contribution in [0.1, 0.15) is 37.5 Å². The Morgan fingerprint density at radius 3 is 2.45 bits per heavy atom. The predicted molar refractivity (Wildman–Crippen MR) is 107 cm³/mol. The number of carbonyl (C=O) groups excluding carboxylic acids is 2. The van der Waals surface area contributed by atoms with Crippen molar-refractivity contribution in [1.82, 2.24) is 9.80 Å². The zero-order valence-electron chi connectivity index (χ0n) is 17.1. The van der Waals surface area contributed by atoms with Gasteiger partial charge in [0, 0.05) is 26.6 Å². The summed E-state index contributed by atoms with van der Waals surface area (Å²) < 4.78 is 23.7. The fourth-order valence-electron chi connectivity index (χ4n) is 2.88. The Hall–Kier alpha value is -2.67. The molecule has 0 saturated heterocycles. The van der Waals surface area contributed by atoms with E-state index in [-0.39, 0.29) is 30.7 Å². The SMILES string of the molecule is CCCCC(=O)N(CCOC)CC(=O)N(Cc1ccc(F)cc1)Cc1ccco1. The van der Waals surface area contributed by atoms with E-state index in [4.69, 9.17) is 9.15 Å². The van der Waals surface area contributed by atoms with E-state index in [1.807, 2.05) is 6.92 Å². The fourth-order valence-corrected chi connectivity index (χ4v) is 2.88. The maximum Gasteiger partial charge on any atom is 0.242 e. The number of unbranched alkanes of at least 4 members (excludes halogenated alkanes) is 1. The van der Waals surface area contributed by atoms with E-state index in [0.717, 1.165) is 18.4 Å². The average Bonchev–Trinajstić information content (AvgIpc) is 3.23. The molecule has 7 heteroatoms. The Bertz CT molecular complexity index is 747. The predicted octanol–water partition coefficient (Wildman–Crippen LogP) is 3.61. The van der Waals surface area contributed by atoms with Crippen molar-refractivity contribution in [3.63, 3.8) is 0 Å². The Kier molecular flexibility index (Phi) is 9.37. The second-order valence-electron chi connectivity index (χ2n) is 6.87. The summed E-state index contributed by atoms with van der Waals surface area (Å²) in [6.07, 6.45) is 3.65. The highest BCUT2D eigenvalue weighted by molar-refractivity contribution is 5.84. The van der Waals surface area contributed by atoms with Gasteiger partial charge in [-0.15, -0.1) is 0 Å². The monoisotopic (exact) mass is 404 g/mol. The first-order valence-corrected chi connectivity index (χ1v) is 9.84. The maximum absolute atomic E-state index is 13.2. The van der Waals surface area contributed by atoms with Gasteiger partial charge >= 0.3 is 0 Å². The van der Waals surface area contributed by atoms with Crippen LogP contribution in [0.3, 0.4) is 0 Å². The molecule has 0 saturated carbocycles. The van der Waals surface area contributed by atoms with E-state index in [1.54, 1.807) is 47.4 Å². The highest BCUT2D eigenvalue weighted by Gasteiger charge is 2.22.